The molecule has 26 heavy (non-hydrogen) atoms. The number of anilines is 1. The lowest BCUT2D eigenvalue weighted by molar-refractivity contribution is -0.112. The maximum absolute atomic E-state index is 12.3. The van der Waals surface area contributed by atoms with E-state index in [0.29, 0.717) is 11.3 Å². The lowest BCUT2D eigenvalue weighted by Crippen LogP contribution is -2.21. The van der Waals surface area contributed by atoms with Gasteiger partial charge in [0.25, 0.3) is 11.8 Å². The van der Waals surface area contributed by atoms with Gasteiger partial charge >= 0.3 is 0 Å². The molecule has 0 bridgehead atoms. The average Bonchev–Trinajstić information content (AvgIpc) is 2.66. The van der Waals surface area contributed by atoms with E-state index < -0.39 is 5.91 Å². The van der Waals surface area contributed by atoms with Crippen LogP contribution in [0.2, 0.25) is 0 Å². The van der Waals surface area contributed by atoms with Crippen molar-refractivity contribution >= 4 is 35.3 Å². The van der Waals surface area contributed by atoms with Crippen LogP contribution in [0.3, 0.4) is 0 Å². The summed E-state index contributed by atoms with van der Waals surface area (Å²) in [5, 5.41) is 12.0. The first-order valence-electron chi connectivity index (χ1n) is 7.83. The van der Waals surface area contributed by atoms with Gasteiger partial charge in [-0.25, -0.2) is 0 Å². The number of hydrogen-bond acceptors (Lipinski definition) is 4. The minimum atomic E-state index is -0.492. The van der Waals surface area contributed by atoms with Crippen LogP contribution in [-0.2, 0) is 4.79 Å². The number of nitrogens with one attached hydrogen (secondary N) is 1. The Morgan fingerprint density at radius 3 is 2.19 bits per heavy atom. The van der Waals surface area contributed by atoms with Gasteiger partial charge in [0, 0.05) is 30.2 Å². The average molecular weight is 365 g/mol. The minimum absolute atomic E-state index is 0.00958. The SMILES string of the molecule is CSc1ccc(/C=C(\C#N)C(=O)Nc2ccc(C(=O)N(C)C)cc2)cc1. The smallest absolute Gasteiger partial charge is 0.266 e. The molecule has 0 radical (unpaired) electrons. The zero-order valence-corrected chi connectivity index (χ0v) is 15.6. The largest absolute Gasteiger partial charge is 0.345 e. The molecule has 0 saturated carbocycles. The number of carbonyl (C=O) groups is 2. The molecule has 2 aromatic carbocycles. The van der Waals surface area contributed by atoms with Crippen LogP contribution >= 0.6 is 11.8 Å². The number of benzene rings is 2. The molecule has 0 saturated heterocycles. The molecule has 0 aliphatic rings. The Bertz CT molecular complexity index is 863. The first kappa shape index (κ1) is 19.3. The number of nitrogens with zero attached hydrogens (tertiary/aromatic N) is 2. The molecule has 0 aromatic heterocycles. The second-order valence-corrected chi connectivity index (χ2v) is 6.55. The van der Waals surface area contributed by atoms with Crippen molar-refractivity contribution < 1.29 is 9.59 Å². The molecule has 0 spiro atoms. The molecule has 0 unspecified atom stereocenters. The second kappa shape index (κ2) is 8.88. The van der Waals surface area contributed by atoms with Gasteiger partial charge in [-0.15, -0.1) is 11.8 Å². The summed E-state index contributed by atoms with van der Waals surface area (Å²) in [7, 11) is 3.35. The van der Waals surface area contributed by atoms with Crippen molar-refractivity contribution in [3.05, 3.63) is 65.2 Å². The lowest BCUT2D eigenvalue weighted by Gasteiger charge is -2.11. The number of rotatable bonds is 5. The highest BCUT2D eigenvalue weighted by Crippen LogP contribution is 2.17. The molecule has 5 nitrogen and oxygen atoms in total. The zero-order valence-electron chi connectivity index (χ0n) is 14.8. The van der Waals surface area contributed by atoms with Gasteiger partial charge in [-0.3, -0.25) is 9.59 Å². The summed E-state index contributed by atoms with van der Waals surface area (Å²) < 4.78 is 0. The highest BCUT2D eigenvalue weighted by atomic mass is 32.2. The monoisotopic (exact) mass is 365 g/mol. The summed E-state index contributed by atoms with van der Waals surface area (Å²) in [6, 6.07) is 16.1. The van der Waals surface area contributed by atoms with Gasteiger partial charge in [0.2, 0.25) is 0 Å². The summed E-state index contributed by atoms with van der Waals surface area (Å²) in [5.41, 5.74) is 1.83. The van der Waals surface area contributed by atoms with E-state index in [1.54, 1.807) is 56.2 Å². The first-order chi connectivity index (χ1) is 12.4. The third-order valence-corrected chi connectivity index (χ3v) is 4.33. The Balaban J connectivity index is 2.12. The number of thioether (sulfide) groups is 1. The van der Waals surface area contributed by atoms with E-state index in [0.717, 1.165) is 10.5 Å². The molecule has 0 atom stereocenters. The van der Waals surface area contributed by atoms with Crippen LogP contribution in [0.4, 0.5) is 5.69 Å². The summed E-state index contributed by atoms with van der Waals surface area (Å²) in [6.07, 6.45) is 3.53. The molecule has 0 aliphatic carbocycles. The standard InChI is InChI=1S/C20H19N3O2S/c1-23(2)20(25)15-6-8-17(9-7-15)22-19(24)16(13-21)12-14-4-10-18(26-3)11-5-14/h4-12H,1-3H3,(H,22,24)/b16-12+. The van der Waals surface area contributed by atoms with Gasteiger partial charge in [-0.1, -0.05) is 12.1 Å². The Kier molecular flexibility index (Phi) is 6.59. The third-order valence-electron chi connectivity index (χ3n) is 3.59. The summed E-state index contributed by atoms with van der Waals surface area (Å²) in [5.74, 6) is -0.609. The van der Waals surface area contributed by atoms with Crippen LogP contribution in [-0.4, -0.2) is 37.1 Å². The molecular weight excluding hydrogens is 346 g/mol. The topological polar surface area (TPSA) is 73.2 Å². The Labute approximate surface area is 157 Å². The molecule has 0 fully saturated rings. The Morgan fingerprint density at radius 1 is 1.08 bits per heavy atom. The number of amides is 2. The van der Waals surface area contributed by atoms with E-state index in [4.69, 9.17) is 0 Å². The van der Waals surface area contributed by atoms with Gasteiger partial charge in [0.1, 0.15) is 11.6 Å². The van der Waals surface area contributed by atoms with E-state index >= 15 is 0 Å². The van der Waals surface area contributed by atoms with E-state index in [1.165, 1.54) is 4.90 Å². The van der Waals surface area contributed by atoms with Crippen molar-refractivity contribution in [3.63, 3.8) is 0 Å². The molecule has 6 heteroatoms. The molecule has 0 heterocycles. The Morgan fingerprint density at radius 2 is 1.69 bits per heavy atom. The van der Waals surface area contributed by atoms with E-state index in [9.17, 15) is 14.9 Å². The van der Waals surface area contributed by atoms with Gasteiger partial charge < -0.3 is 10.2 Å². The van der Waals surface area contributed by atoms with E-state index in [2.05, 4.69) is 5.32 Å². The number of hydrogen-bond donors (Lipinski definition) is 1. The van der Waals surface area contributed by atoms with E-state index in [1.807, 2.05) is 36.6 Å². The van der Waals surface area contributed by atoms with Crippen molar-refractivity contribution in [3.8, 4) is 6.07 Å². The molecule has 2 amide bonds. The number of carbonyl (C=O) groups excluding carboxylic acids is 2. The van der Waals surface area contributed by atoms with Crippen molar-refractivity contribution in [1.82, 2.24) is 4.90 Å². The molecular formula is C20H19N3O2S. The van der Waals surface area contributed by atoms with Crippen molar-refractivity contribution in [2.75, 3.05) is 25.7 Å². The molecule has 0 aliphatic heterocycles. The quantitative estimate of drug-likeness (QED) is 0.499. The maximum Gasteiger partial charge on any atom is 0.266 e. The zero-order chi connectivity index (χ0) is 19.1. The fourth-order valence-corrected chi connectivity index (χ4v) is 2.58. The molecule has 2 aromatic rings. The fourth-order valence-electron chi connectivity index (χ4n) is 2.17. The van der Waals surface area contributed by atoms with Crippen LogP contribution in [0.25, 0.3) is 6.08 Å². The minimum Gasteiger partial charge on any atom is -0.345 e. The van der Waals surface area contributed by atoms with Crippen molar-refractivity contribution in [2.45, 2.75) is 4.90 Å². The summed E-state index contributed by atoms with van der Waals surface area (Å²) >= 11 is 1.62. The predicted octanol–water partition coefficient (Wildman–Crippen LogP) is 3.66. The Hall–Kier alpha value is -3.04. The van der Waals surface area contributed by atoms with Gasteiger partial charge in [0.05, 0.1) is 0 Å². The van der Waals surface area contributed by atoms with Gasteiger partial charge in [0.15, 0.2) is 0 Å². The summed E-state index contributed by atoms with van der Waals surface area (Å²) in [4.78, 5) is 26.8. The van der Waals surface area contributed by atoms with Crippen LogP contribution in [0.15, 0.2) is 59.0 Å². The van der Waals surface area contributed by atoms with Crippen molar-refractivity contribution in [2.24, 2.45) is 0 Å². The molecule has 132 valence electrons. The highest BCUT2D eigenvalue weighted by molar-refractivity contribution is 7.98. The molecule has 1 N–H and O–H groups in total. The van der Waals surface area contributed by atoms with Crippen LogP contribution in [0, 0.1) is 11.3 Å². The fraction of sp³-hybridized carbons (Fsp3) is 0.150. The van der Waals surface area contributed by atoms with E-state index in [-0.39, 0.29) is 11.5 Å². The van der Waals surface area contributed by atoms with Crippen LogP contribution in [0.1, 0.15) is 15.9 Å². The first-order valence-corrected chi connectivity index (χ1v) is 9.06. The van der Waals surface area contributed by atoms with Gasteiger partial charge in [-0.05, 0) is 54.3 Å². The van der Waals surface area contributed by atoms with Crippen LogP contribution < -0.4 is 5.32 Å². The lowest BCUT2D eigenvalue weighted by atomic mass is 10.1. The second-order valence-electron chi connectivity index (χ2n) is 5.67. The summed E-state index contributed by atoms with van der Waals surface area (Å²) in [6.45, 7) is 0. The molecule has 2 rings (SSSR count). The number of nitriles is 1. The van der Waals surface area contributed by atoms with Crippen molar-refractivity contribution in [1.29, 1.82) is 5.26 Å². The van der Waals surface area contributed by atoms with Gasteiger partial charge in [-0.2, -0.15) is 5.26 Å². The van der Waals surface area contributed by atoms with Crippen LogP contribution in [0.5, 0.6) is 0 Å². The predicted molar refractivity (Wildman–Crippen MR) is 105 cm³/mol. The highest BCUT2D eigenvalue weighted by Gasteiger charge is 2.11. The normalized spacial score (nSPS) is 10.8. The maximum atomic E-state index is 12.3. The third kappa shape index (κ3) is 4.98.